The smallest absolute Gasteiger partial charge is 0.172 e. The van der Waals surface area contributed by atoms with Gasteiger partial charge in [0.1, 0.15) is 18.2 Å². The number of ether oxygens (including phenoxy) is 1. The Hall–Kier alpha value is -2.92. The molecule has 0 aliphatic rings. The van der Waals surface area contributed by atoms with Gasteiger partial charge in [0.2, 0.25) is 0 Å². The number of thiophene rings is 1. The van der Waals surface area contributed by atoms with Crippen LogP contribution >= 0.6 is 11.3 Å². The minimum Gasteiger partial charge on any atom is -0.492 e. The van der Waals surface area contributed by atoms with Gasteiger partial charge in [0.15, 0.2) is 5.82 Å². The van der Waals surface area contributed by atoms with Gasteiger partial charge in [-0.3, -0.25) is 0 Å². The summed E-state index contributed by atoms with van der Waals surface area (Å²) >= 11 is 1.65. The summed E-state index contributed by atoms with van der Waals surface area (Å²) in [6.07, 6.45) is 0. The van der Waals surface area contributed by atoms with Crippen LogP contribution in [0.5, 0.6) is 5.75 Å². The number of anilines is 1. The average molecular weight is 361 g/mol. The summed E-state index contributed by atoms with van der Waals surface area (Å²) in [6.45, 7) is 1.33. The third-order valence-electron chi connectivity index (χ3n) is 4.12. The zero-order valence-electron chi connectivity index (χ0n) is 14.5. The Balaban J connectivity index is 1.59. The first-order valence-corrected chi connectivity index (χ1v) is 9.39. The van der Waals surface area contributed by atoms with Crippen molar-refractivity contribution in [3.63, 3.8) is 0 Å². The van der Waals surface area contributed by atoms with Gasteiger partial charge in [-0.2, -0.15) is 0 Å². The molecule has 0 atom stereocenters. The predicted molar refractivity (Wildman–Crippen MR) is 108 cm³/mol. The Kier molecular flexibility index (Phi) is 4.80. The molecule has 0 fully saturated rings. The van der Waals surface area contributed by atoms with Crippen LogP contribution in [0.15, 0.2) is 72.1 Å². The summed E-state index contributed by atoms with van der Waals surface area (Å²) in [6, 6.07) is 22.1. The van der Waals surface area contributed by atoms with Gasteiger partial charge in [0, 0.05) is 12.4 Å². The van der Waals surface area contributed by atoms with E-state index in [-0.39, 0.29) is 0 Å². The Bertz CT molecular complexity index is 987. The Labute approximate surface area is 156 Å². The minimum absolute atomic E-state index is 0.590. The van der Waals surface area contributed by atoms with Crippen LogP contribution in [0.4, 0.5) is 5.82 Å². The number of fused-ring (bicyclic) bond motifs is 1. The summed E-state index contributed by atoms with van der Waals surface area (Å²) in [5.74, 6) is 2.58. The summed E-state index contributed by atoms with van der Waals surface area (Å²) in [5, 5.41) is 3.10. The number of nitrogens with zero attached hydrogens (tertiary/aromatic N) is 3. The minimum atomic E-state index is 0.590. The quantitative estimate of drug-likeness (QED) is 0.491. The average Bonchev–Trinajstić information content (AvgIpc) is 3.23. The van der Waals surface area contributed by atoms with Gasteiger partial charge in [0.05, 0.1) is 16.9 Å². The second-order valence-electron chi connectivity index (χ2n) is 5.95. The Morgan fingerprint density at radius 1 is 0.923 bits per heavy atom. The Morgan fingerprint density at radius 2 is 1.73 bits per heavy atom. The van der Waals surface area contributed by atoms with E-state index >= 15 is 0 Å². The predicted octanol–water partition coefficient (Wildman–Crippen LogP) is 4.87. The van der Waals surface area contributed by atoms with Gasteiger partial charge in [-0.15, -0.1) is 11.3 Å². The summed E-state index contributed by atoms with van der Waals surface area (Å²) in [7, 11) is 2.04. The zero-order chi connectivity index (χ0) is 17.8. The van der Waals surface area contributed by atoms with Crippen LogP contribution in [-0.4, -0.2) is 30.2 Å². The topological polar surface area (TPSA) is 38.2 Å². The molecule has 2 aromatic carbocycles. The van der Waals surface area contributed by atoms with Gasteiger partial charge in [-0.25, -0.2) is 9.97 Å². The third-order valence-corrected chi connectivity index (χ3v) is 4.99. The maximum atomic E-state index is 5.83. The molecule has 26 heavy (non-hydrogen) atoms. The molecule has 0 saturated heterocycles. The van der Waals surface area contributed by atoms with Gasteiger partial charge >= 0.3 is 0 Å². The molecule has 0 amide bonds. The maximum absolute atomic E-state index is 5.83. The fourth-order valence-electron chi connectivity index (χ4n) is 2.79. The summed E-state index contributed by atoms with van der Waals surface area (Å²) in [5.41, 5.74) is 0.955. The molecule has 0 spiro atoms. The molecule has 2 heterocycles. The van der Waals surface area contributed by atoms with Crippen molar-refractivity contribution >= 4 is 28.1 Å². The molecule has 130 valence electrons. The van der Waals surface area contributed by atoms with E-state index in [1.165, 1.54) is 0 Å². The van der Waals surface area contributed by atoms with Crippen molar-refractivity contribution in [1.29, 1.82) is 0 Å². The van der Waals surface area contributed by atoms with E-state index in [1.54, 1.807) is 11.3 Å². The molecule has 5 heteroatoms. The van der Waals surface area contributed by atoms with Crippen molar-refractivity contribution in [2.45, 2.75) is 0 Å². The highest BCUT2D eigenvalue weighted by Crippen LogP contribution is 2.28. The molecular weight excluding hydrogens is 342 g/mol. The lowest BCUT2D eigenvalue weighted by Gasteiger charge is -2.20. The highest BCUT2D eigenvalue weighted by molar-refractivity contribution is 7.13. The van der Waals surface area contributed by atoms with Crippen molar-refractivity contribution in [2.24, 2.45) is 0 Å². The monoisotopic (exact) mass is 361 g/mol. The van der Waals surface area contributed by atoms with Gasteiger partial charge in [-0.05, 0) is 35.7 Å². The van der Waals surface area contributed by atoms with Gasteiger partial charge < -0.3 is 9.64 Å². The number of rotatable bonds is 6. The fraction of sp³-hybridized carbons (Fsp3) is 0.143. The second kappa shape index (κ2) is 7.54. The van der Waals surface area contributed by atoms with E-state index in [2.05, 4.69) is 17.0 Å². The van der Waals surface area contributed by atoms with Crippen LogP contribution in [-0.2, 0) is 0 Å². The van der Waals surface area contributed by atoms with Crippen LogP contribution < -0.4 is 9.64 Å². The lowest BCUT2D eigenvalue weighted by atomic mass is 10.2. The van der Waals surface area contributed by atoms with E-state index in [1.807, 2.05) is 67.0 Å². The molecule has 0 bridgehead atoms. The maximum Gasteiger partial charge on any atom is 0.172 e. The first-order chi connectivity index (χ1) is 12.8. The standard InChI is InChI=1S/C21H19N3OS/c1-24(13-14-25-16-8-3-2-4-9-16)21-17-10-5-6-11-18(17)22-20(23-21)19-12-7-15-26-19/h2-12,15H,13-14H2,1H3. The SMILES string of the molecule is CN(CCOc1ccccc1)c1nc(-c2cccs2)nc2ccccc12. The molecular formula is C21H19N3OS. The second-order valence-corrected chi connectivity index (χ2v) is 6.90. The molecule has 0 aliphatic heterocycles. The van der Waals surface area contributed by atoms with Crippen LogP contribution in [0, 0.1) is 0 Å². The van der Waals surface area contributed by atoms with E-state index < -0.39 is 0 Å². The molecule has 0 unspecified atom stereocenters. The first-order valence-electron chi connectivity index (χ1n) is 8.51. The van der Waals surface area contributed by atoms with Crippen molar-refractivity contribution in [3.8, 4) is 16.5 Å². The van der Waals surface area contributed by atoms with Gasteiger partial charge in [-0.1, -0.05) is 36.4 Å². The molecule has 4 rings (SSSR count). The van der Waals surface area contributed by atoms with Crippen molar-refractivity contribution in [2.75, 3.05) is 25.1 Å². The number of aromatic nitrogens is 2. The number of hydrogen-bond acceptors (Lipinski definition) is 5. The Morgan fingerprint density at radius 3 is 2.54 bits per heavy atom. The van der Waals surface area contributed by atoms with Crippen LogP contribution in [0.25, 0.3) is 21.6 Å². The molecule has 0 radical (unpaired) electrons. The highest BCUT2D eigenvalue weighted by atomic mass is 32.1. The van der Waals surface area contributed by atoms with Crippen molar-refractivity contribution in [3.05, 3.63) is 72.1 Å². The molecule has 0 saturated carbocycles. The lowest BCUT2D eigenvalue weighted by molar-refractivity contribution is 0.326. The fourth-order valence-corrected chi connectivity index (χ4v) is 3.45. The molecule has 2 aromatic heterocycles. The summed E-state index contributed by atoms with van der Waals surface area (Å²) < 4.78 is 5.83. The van der Waals surface area contributed by atoms with E-state index in [4.69, 9.17) is 14.7 Å². The normalized spacial score (nSPS) is 10.8. The van der Waals surface area contributed by atoms with Gasteiger partial charge in [0.25, 0.3) is 0 Å². The van der Waals surface area contributed by atoms with Crippen molar-refractivity contribution in [1.82, 2.24) is 9.97 Å². The molecule has 0 aliphatic carbocycles. The van der Waals surface area contributed by atoms with Crippen LogP contribution in [0.2, 0.25) is 0 Å². The molecule has 4 nitrogen and oxygen atoms in total. The molecule has 4 aromatic rings. The zero-order valence-corrected chi connectivity index (χ0v) is 15.3. The number of benzene rings is 2. The van der Waals surface area contributed by atoms with E-state index in [9.17, 15) is 0 Å². The summed E-state index contributed by atoms with van der Waals surface area (Å²) in [4.78, 5) is 12.8. The third kappa shape index (κ3) is 3.53. The largest absolute Gasteiger partial charge is 0.492 e. The van der Waals surface area contributed by atoms with Crippen molar-refractivity contribution < 1.29 is 4.74 Å². The lowest BCUT2D eigenvalue weighted by Crippen LogP contribution is -2.25. The first kappa shape index (κ1) is 16.5. The number of hydrogen-bond donors (Lipinski definition) is 0. The van der Waals surface area contributed by atoms with E-state index in [0.717, 1.165) is 39.7 Å². The van der Waals surface area contributed by atoms with E-state index in [0.29, 0.717) is 6.61 Å². The number of likely N-dealkylation sites (N-methyl/N-ethyl adjacent to an activating group) is 1. The number of para-hydroxylation sites is 2. The van der Waals surface area contributed by atoms with Crippen LogP contribution in [0.3, 0.4) is 0 Å². The highest BCUT2D eigenvalue weighted by Gasteiger charge is 2.13. The molecule has 0 N–H and O–H groups in total. The van der Waals surface area contributed by atoms with Crippen LogP contribution in [0.1, 0.15) is 0 Å².